The third-order valence-electron chi connectivity index (χ3n) is 2.05. The molecule has 0 amide bonds. The predicted molar refractivity (Wildman–Crippen MR) is 59.8 cm³/mol. The summed E-state index contributed by atoms with van der Waals surface area (Å²) >= 11 is 0. The minimum atomic E-state index is -3.09. The number of hydrogen-bond donors (Lipinski definition) is 1. The number of nitrogens with zero attached hydrogens (tertiary/aromatic N) is 1. The number of carbonyl (C=O) groups excluding carboxylic acids is 1. The Morgan fingerprint density at radius 2 is 2.16 bits per heavy atom. The zero-order valence-electron chi connectivity index (χ0n) is 9.34. The molecule has 0 heterocycles. The first-order chi connectivity index (χ1) is 8.97. The molecule has 5 nitrogen and oxygen atoms in total. The van der Waals surface area contributed by atoms with Crippen molar-refractivity contribution in [1.82, 2.24) is 0 Å². The molecule has 1 N–H and O–H groups in total. The van der Waals surface area contributed by atoms with Gasteiger partial charge in [0.2, 0.25) is 0 Å². The zero-order valence-corrected chi connectivity index (χ0v) is 9.34. The van der Waals surface area contributed by atoms with Crippen LogP contribution in [0.2, 0.25) is 0 Å². The standard InChI is InChI=1S/C12H7F2NO4/c13-12(14)19-9-3-7(1-2-11(17)18)10(6-16)8(4-9)5-15/h1-4,6,12H,(H,17,18)/b2-1+. The van der Waals surface area contributed by atoms with E-state index >= 15 is 0 Å². The Bertz CT molecular complexity index is 576. The Hall–Kier alpha value is -2.75. The molecule has 0 aliphatic carbocycles. The Labute approximate surface area is 106 Å². The molecule has 1 aromatic carbocycles. The van der Waals surface area contributed by atoms with E-state index in [0.29, 0.717) is 6.29 Å². The highest BCUT2D eigenvalue weighted by Gasteiger charge is 2.12. The van der Waals surface area contributed by atoms with Crippen LogP contribution in [0.1, 0.15) is 21.5 Å². The molecule has 0 saturated carbocycles. The van der Waals surface area contributed by atoms with E-state index in [-0.39, 0.29) is 22.4 Å². The van der Waals surface area contributed by atoms with E-state index in [2.05, 4.69) is 4.74 Å². The SMILES string of the molecule is N#Cc1cc(OC(F)F)cc(/C=C/C(=O)O)c1C=O. The fourth-order valence-electron chi connectivity index (χ4n) is 1.34. The molecule has 1 rings (SSSR count). The minimum Gasteiger partial charge on any atom is -0.478 e. The van der Waals surface area contributed by atoms with Crippen molar-refractivity contribution < 1.29 is 28.2 Å². The molecule has 0 atom stereocenters. The molecule has 19 heavy (non-hydrogen) atoms. The van der Waals surface area contributed by atoms with Crippen LogP contribution < -0.4 is 4.74 Å². The smallest absolute Gasteiger partial charge is 0.387 e. The summed E-state index contributed by atoms with van der Waals surface area (Å²) < 4.78 is 28.3. The molecule has 0 unspecified atom stereocenters. The summed E-state index contributed by atoms with van der Waals surface area (Å²) in [6.45, 7) is -3.09. The van der Waals surface area contributed by atoms with Crippen LogP contribution in [0, 0.1) is 11.3 Å². The van der Waals surface area contributed by atoms with Crippen LogP contribution in [0.3, 0.4) is 0 Å². The first kappa shape index (κ1) is 14.3. The second-order valence-corrected chi connectivity index (χ2v) is 3.25. The topological polar surface area (TPSA) is 87.4 Å². The van der Waals surface area contributed by atoms with Gasteiger partial charge < -0.3 is 9.84 Å². The summed E-state index contributed by atoms with van der Waals surface area (Å²) in [4.78, 5) is 21.3. The summed E-state index contributed by atoms with van der Waals surface area (Å²) in [5.41, 5.74) is -0.271. The lowest BCUT2D eigenvalue weighted by atomic mass is 10.0. The van der Waals surface area contributed by atoms with Crippen LogP contribution in [0.4, 0.5) is 8.78 Å². The van der Waals surface area contributed by atoms with E-state index in [0.717, 1.165) is 24.3 Å². The van der Waals surface area contributed by atoms with Crippen LogP contribution in [-0.2, 0) is 4.79 Å². The normalized spacial score (nSPS) is 10.4. The van der Waals surface area contributed by atoms with Gasteiger partial charge in [-0.05, 0) is 23.8 Å². The summed E-state index contributed by atoms with van der Waals surface area (Å²) in [6, 6.07) is 3.68. The van der Waals surface area contributed by atoms with E-state index < -0.39 is 12.6 Å². The van der Waals surface area contributed by atoms with Crippen LogP contribution >= 0.6 is 0 Å². The van der Waals surface area contributed by atoms with Crippen LogP contribution in [0.15, 0.2) is 18.2 Å². The van der Waals surface area contributed by atoms with Crippen LogP contribution in [-0.4, -0.2) is 24.0 Å². The van der Waals surface area contributed by atoms with Crippen LogP contribution in [0.5, 0.6) is 5.75 Å². The number of benzene rings is 1. The first-order valence-corrected chi connectivity index (χ1v) is 4.87. The Morgan fingerprint density at radius 3 is 2.63 bits per heavy atom. The fraction of sp³-hybridized carbons (Fsp3) is 0.0833. The van der Waals surface area contributed by atoms with Gasteiger partial charge in [0.15, 0.2) is 6.29 Å². The molecule has 0 fully saturated rings. The van der Waals surface area contributed by atoms with Gasteiger partial charge in [0.05, 0.1) is 5.56 Å². The van der Waals surface area contributed by atoms with Gasteiger partial charge in [-0.3, -0.25) is 4.79 Å². The molecule has 0 aromatic heterocycles. The van der Waals surface area contributed by atoms with Gasteiger partial charge in [-0.1, -0.05) is 0 Å². The number of halogens is 2. The van der Waals surface area contributed by atoms with Gasteiger partial charge in [-0.25, -0.2) is 4.79 Å². The molecule has 98 valence electrons. The van der Waals surface area contributed by atoms with Gasteiger partial charge in [-0.15, -0.1) is 0 Å². The van der Waals surface area contributed by atoms with E-state index in [1.165, 1.54) is 0 Å². The Kier molecular flexibility index (Phi) is 4.71. The number of alkyl halides is 2. The quantitative estimate of drug-likeness (QED) is 0.651. The van der Waals surface area contributed by atoms with Crippen LogP contribution in [0.25, 0.3) is 6.08 Å². The molecule has 0 spiro atoms. The van der Waals surface area contributed by atoms with Gasteiger partial charge in [-0.2, -0.15) is 14.0 Å². The van der Waals surface area contributed by atoms with E-state index in [1.807, 2.05) is 0 Å². The third-order valence-corrected chi connectivity index (χ3v) is 2.05. The number of carbonyl (C=O) groups is 2. The fourth-order valence-corrected chi connectivity index (χ4v) is 1.34. The lowest BCUT2D eigenvalue weighted by Gasteiger charge is -2.08. The molecule has 0 aliphatic heterocycles. The van der Waals surface area contributed by atoms with Gasteiger partial charge in [0, 0.05) is 11.6 Å². The largest absolute Gasteiger partial charge is 0.478 e. The number of carboxylic acid groups (broad SMARTS) is 1. The van der Waals surface area contributed by atoms with E-state index in [9.17, 15) is 18.4 Å². The summed E-state index contributed by atoms with van der Waals surface area (Å²) in [7, 11) is 0. The summed E-state index contributed by atoms with van der Waals surface area (Å²) in [6.07, 6.45) is 2.08. The number of aliphatic carboxylic acids is 1. The maximum atomic E-state index is 12.1. The van der Waals surface area contributed by atoms with Crippen molar-refractivity contribution in [2.75, 3.05) is 0 Å². The molecular formula is C12H7F2NO4. The second kappa shape index (κ2) is 6.26. The third kappa shape index (κ3) is 3.89. The van der Waals surface area contributed by atoms with Crippen molar-refractivity contribution in [3.05, 3.63) is 34.9 Å². The van der Waals surface area contributed by atoms with Crippen molar-refractivity contribution >= 4 is 18.3 Å². The van der Waals surface area contributed by atoms with Crippen molar-refractivity contribution in [3.8, 4) is 11.8 Å². The Morgan fingerprint density at radius 1 is 1.47 bits per heavy atom. The zero-order chi connectivity index (χ0) is 14.4. The number of nitriles is 1. The summed E-state index contributed by atoms with van der Waals surface area (Å²) in [5.74, 6) is -1.61. The average Bonchev–Trinajstić information content (AvgIpc) is 2.34. The highest BCUT2D eigenvalue weighted by Crippen LogP contribution is 2.24. The molecule has 1 aromatic rings. The number of hydrogen-bond acceptors (Lipinski definition) is 4. The molecule has 0 bridgehead atoms. The number of aldehydes is 1. The average molecular weight is 267 g/mol. The molecule has 7 heteroatoms. The lowest BCUT2D eigenvalue weighted by Crippen LogP contribution is -2.04. The van der Waals surface area contributed by atoms with E-state index in [1.54, 1.807) is 6.07 Å². The number of rotatable bonds is 5. The summed E-state index contributed by atoms with van der Waals surface area (Å²) in [5, 5.41) is 17.3. The predicted octanol–water partition coefficient (Wildman–Crippen LogP) is 2.07. The number of ether oxygens (including phenoxy) is 1. The van der Waals surface area contributed by atoms with Crippen molar-refractivity contribution in [1.29, 1.82) is 5.26 Å². The van der Waals surface area contributed by atoms with Crippen molar-refractivity contribution in [2.24, 2.45) is 0 Å². The van der Waals surface area contributed by atoms with Crippen molar-refractivity contribution in [3.63, 3.8) is 0 Å². The van der Waals surface area contributed by atoms with Gasteiger partial charge in [0.1, 0.15) is 11.8 Å². The molecule has 0 saturated heterocycles. The first-order valence-electron chi connectivity index (χ1n) is 4.87. The monoisotopic (exact) mass is 267 g/mol. The molecule has 0 aliphatic rings. The van der Waals surface area contributed by atoms with E-state index in [4.69, 9.17) is 10.4 Å². The van der Waals surface area contributed by atoms with Gasteiger partial charge in [0.25, 0.3) is 0 Å². The van der Waals surface area contributed by atoms with Gasteiger partial charge >= 0.3 is 12.6 Å². The minimum absolute atomic E-state index is 0.00657. The maximum absolute atomic E-state index is 12.1. The molecular weight excluding hydrogens is 260 g/mol. The Balaban J connectivity index is 3.36. The second-order valence-electron chi connectivity index (χ2n) is 3.25. The highest BCUT2D eigenvalue weighted by atomic mass is 19.3. The number of carboxylic acids is 1. The lowest BCUT2D eigenvalue weighted by molar-refractivity contribution is -0.131. The highest BCUT2D eigenvalue weighted by molar-refractivity contribution is 5.91. The van der Waals surface area contributed by atoms with Crippen molar-refractivity contribution in [2.45, 2.75) is 6.61 Å². The molecule has 0 radical (unpaired) electrons. The maximum Gasteiger partial charge on any atom is 0.387 e.